The lowest BCUT2D eigenvalue weighted by Crippen LogP contribution is -2.31. The fourth-order valence-corrected chi connectivity index (χ4v) is 3.45. The van der Waals surface area contributed by atoms with Gasteiger partial charge in [-0.25, -0.2) is 0 Å². The molecule has 1 unspecified atom stereocenters. The lowest BCUT2D eigenvalue weighted by atomic mass is 9.85. The summed E-state index contributed by atoms with van der Waals surface area (Å²) >= 11 is 0. The predicted molar refractivity (Wildman–Crippen MR) is 73.9 cm³/mol. The zero-order chi connectivity index (χ0) is 12.8. The third-order valence-corrected chi connectivity index (χ3v) is 4.91. The van der Waals surface area contributed by atoms with Crippen LogP contribution in [0.1, 0.15) is 55.7 Å². The Morgan fingerprint density at radius 2 is 1.72 bits per heavy atom. The molecule has 2 nitrogen and oxygen atoms in total. The van der Waals surface area contributed by atoms with E-state index < -0.39 is 0 Å². The van der Waals surface area contributed by atoms with Crippen LogP contribution in [0, 0.1) is 0 Å². The predicted octanol–water partition coefficient (Wildman–Crippen LogP) is 3.04. The molecule has 0 spiro atoms. The first-order valence-electron chi connectivity index (χ1n) is 7.24. The van der Waals surface area contributed by atoms with E-state index in [1.54, 1.807) is 0 Å². The lowest BCUT2D eigenvalue weighted by molar-refractivity contribution is 0.445. The molecule has 18 heavy (non-hydrogen) atoms. The molecule has 0 aromatic heterocycles. The summed E-state index contributed by atoms with van der Waals surface area (Å²) in [6.45, 7) is 2.07. The lowest BCUT2D eigenvalue weighted by Gasteiger charge is -2.23. The number of rotatable bonds is 2. The molecule has 0 heterocycles. The summed E-state index contributed by atoms with van der Waals surface area (Å²) in [6.07, 6.45) is 8.37. The van der Waals surface area contributed by atoms with Gasteiger partial charge in [-0.05, 0) is 62.6 Å². The van der Waals surface area contributed by atoms with Crippen molar-refractivity contribution in [2.75, 3.05) is 0 Å². The average molecular weight is 245 g/mol. The maximum absolute atomic E-state index is 10.3. The van der Waals surface area contributed by atoms with E-state index in [0.717, 1.165) is 31.2 Å². The largest absolute Gasteiger partial charge is 0.508 e. The highest BCUT2D eigenvalue weighted by Gasteiger charge is 2.49. The van der Waals surface area contributed by atoms with Gasteiger partial charge in [0.25, 0.3) is 0 Å². The van der Waals surface area contributed by atoms with Crippen molar-refractivity contribution < 1.29 is 5.11 Å². The van der Waals surface area contributed by atoms with E-state index >= 15 is 0 Å². The van der Waals surface area contributed by atoms with E-state index in [4.69, 9.17) is 5.73 Å². The summed E-state index contributed by atoms with van der Waals surface area (Å²) in [6, 6.07) is 4.40. The molecule has 1 atom stereocenters. The van der Waals surface area contributed by atoms with Crippen LogP contribution >= 0.6 is 0 Å². The number of hydrogen-bond donors (Lipinski definition) is 2. The SMILES string of the molecule is CC(N)C1(c2cc3c(cc2O)CCCCC3)CC1. The molecule has 2 aliphatic carbocycles. The van der Waals surface area contributed by atoms with Crippen LogP contribution < -0.4 is 5.73 Å². The standard InChI is InChI=1S/C16H23NO/c1-11(17)16(7-8-16)14-9-12-5-3-2-4-6-13(12)10-15(14)18/h9-11,18H,2-8,17H2,1H3. The zero-order valence-corrected chi connectivity index (χ0v) is 11.2. The highest BCUT2D eigenvalue weighted by Crippen LogP contribution is 2.53. The highest BCUT2D eigenvalue weighted by molar-refractivity contribution is 5.49. The van der Waals surface area contributed by atoms with Crippen molar-refractivity contribution >= 4 is 0 Å². The molecule has 0 saturated heterocycles. The Morgan fingerprint density at radius 3 is 2.28 bits per heavy atom. The molecule has 3 rings (SSSR count). The van der Waals surface area contributed by atoms with E-state index in [0.29, 0.717) is 5.75 Å². The van der Waals surface area contributed by atoms with Gasteiger partial charge in [-0.3, -0.25) is 0 Å². The fraction of sp³-hybridized carbons (Fsp3) is 0.625. The van der Waals surface area contributed by atoms with Crippen LogP contribution in [0.2, 0.25) is 0 Å². The number of phenolic OH excluding ortho intramolecular Hbond substituents is 1. The third-order valence-electron chi connectivity index (χ3n) is 4.91. The van der Waals surface area contributed by atoms with Crippen LogP contribution in [0.5, 0.6) is 5.75 Å². The van der Waals surface area contributed by atoms with Gasteiger partial charge in [0, 0.05) is 17.0 Å². The summed E-state index contributed by atoms with van der Waals surface area (Å²) in [5.74, 6) is 0.477. The van der Waals surface area contributed by atoms with Crippen molar-refractivity contribution in [3.8, 4) is 5.75 Å². The Balaban J connectivity index is 2.04. The van der Waals surface area contributed by atoms with Crippen LogP contribution in [0.3, 0.4) is 0 Å². The first kappa shape index (κ1) is 12.0. The van der Waals surface area contributed by atoms with Crippen LogP contribution in [-0.4, -0.2) is 11.1 Å². The second-order valence-electron chi connectivity index (χ2n) is 6.14. The van der Waals surface area contributed by atoms with Crippen LogP contribution in [0.15, 0.2) is 12.1 Å². The molecule has 0 radical (unpaired) electrons. The highest BCUT2D eigenvalue weighted by atomic mass is 16.3. The van der Waals surface area contributed by atoms with Gasteiger partial charge in [-0.1, -0.05) is 12.5 Å². The van der Waals surface area contributed by atoms with E-state index in [-0.39, 0.29) is 11.5 Å². The normalized spacial score (nSPS) is 23.0. The Hall–Kier alpha value is -1.02. The van der Waals surface area contributed by atoms with Crippen LogP contribution in [0.25, 0.3) is 0 Å². The van der Waals surface area contributed by atoms with Crippen molar-refractivity contribution in [3.63, 3.8) is 0 Å². The van der Waals surface area contributed by atoms with Crippen LogP contribution in [-0.2, 0) is 18.3 Å². The van der Waals surface area contributed by atoms with Gasteiger partial charge in [0.05, 0.1) is 0 Å². The summed E-state index contributed by atoms with van der Waals surface area (Å²) in [4.78, 5) is 0. The molecule has 1 aromatic carbocycles. The van der Waals surface area contributed by atoms with Gasteiger partial charge in [0.15, 0.2) is 0 Å². The van der Waals surface area contributed by atoms with Gasteiger partial charge < -0.3 is 10.8 Å². The smallest absolute Gasteiger partial charge is 0.119 e. The summed E-state index contributed by atoms with van der Waals surface area (Å²) in [5, 5.41) is 10.3. The molecule has 2 aliphatic rings. The van der Waals surface area contributed by atoms with E-state index in [1.165, 1.54) is 30.4 Å². The second kappa shape index (κ2) is 4.27. The molecule has 0 bridgehead atoms. The summed E-state index contributed by atoms with van der Waals surface area (Å²) in [7, 11) is 0. The zero-order valence-electron chi connectivity index (χ0n) is 11.2. The number of nitrogens with two attached hydrogens (primary N) is 1. The van der Waals surface area contributed by atoms with Gasteiger partial charge in [-0.2, -0.15) is 0 Å². The number of phenols is 1. The van der Waals surface area contributed by atoms with Crippen molar-refractivity contribution in [3.05, 3.63) is 28.8 Å². The Kier molecular flexibility index (Phi) is 2.86. The van der Waals surface area contributed by atoms with E-state index in [9.17, 15) is 5.11 Å². The Labute approximate surface area is 109 Å². The quantitative estimate of drug-likeness (QED) is 0.787. The van der Waals surface area contributed by atoms with Crippen molar-refractivity contribution in [1.29, 1.82) is 0 Å². The fourth-order valence-electron chi connectivity index (χ4n) is 3.45. The number of benzene rings is 1. The molecular weight excluding hydrogens is 222 g/mol. The molecule has 2 heteroatoms. The first-order valence-corrected chi connectivity index (χ1v) is 7.24. The molecule has 1 aromatic rings. The summed E-state index contributed by atoms with van der Waals surface area (Å²) < 4.78 is 0. The first-order chi connectivity index (χ1) is 8.63. The monoisotopic (exact) mass is 245 g/mol. The molecule has 0 aliphatic heterocycles. The Morgan fingerprint density at radius 1 is 1.11 bits per heavy atom. The van der Waals surface area contributed by atoms with E-state index in [1.807, 2.05) is 6.07 Å². The summed E-state index contributed by atoms with van der Waals surface area (Å²) in [5.41, 5.74) is 10.1. The Bertz CT molecular complexity index is 460. The number of aromatic hydroxyl groups is 1. The molecule has 1 saturated carbocycles. The van der Waals surface area contributed by atoms with E-state index in [2.05, 4.69) is 13.0 Å². The molecule has 1 fully saturated rings. The number of fused-ring (bicyclic) bond motifs is 1. The minimum Gasteiger partial charge on any atom is -0.508 e. The van der Waals surface area contributed by atoms with Gasteiger partial charge in [-0.15, -0.1) is 0 Å². The molecular formula is C16H23NO. The van der Waals surface area contributed by atoms with Crippen molar-refractivity contribution in [1.82, 2.24) is 0 Å². The van der Waals surface area contributed by atoms with Gasteiger partial charge in [0.1, 0.15) is 5.75 Å². The van der Waals surface area contributed by atoms with Gasteiger partial charge in [0.2, 0.25) is 0 Å². The average Bonchev–Trinajstić information content (AvgIpc) is 3.12. The number of aryl methyl sites for hydroxylation is 2. The van der Waals surface area contributed by atoms with Crippen molar-refractivity contribution in [2.24, 2.45) is 5.73 Å². The molecule has 98 valence electrons. The molecule has 3 N–H and O–H groups in total. The molecule has 0 amide bonds. The third kappa shape index (κ3) is 1.83. The minimum absolute atomic E-state index is 0.0609. The maximum Gasteiger partial charge on any atom is 0.119 e. The van der Waals surface area contributed by atoms with Gasteiger partial charge >= 0.3 is 0 Å². The van der Waals surface area contributed by atoms with Crippen molar-refractivity contribution in [2.45, 2.75) is 63.3 Å². The minimum atomic E-state index is 0.0609. The van der Waals surface area contributed by atoms with Crippen LogP contribution in [0.4, 0.5) is 0 Å². The topological polar surface area (TPSA) is 46.2 Å². The maximum atomic E-state index is 10.3. The number of hydrogen-bond acceptors (Lipinski definition) is 2. The second-order valence-corrected chi connectivity index (χ2v) is 6.14.